The third-order valence-electron chi connectivity index (χ3n) is 2.92. The second-order valence-electron chi connectivity index (χ2n) is 4.65. The van der Waals surface area contributed by atoms with Crippen molar-refractivity contribution >= 4 is 18.2 Å². The highest BCUT2D eigenvalue weighted by atomic mass is 16.4. The molecule has 0 bridgehead atoms. The van der Waals surface area contributed by atoms with E-state index in [2.05, 4.69) is 4.98 Å². The van der Waals surface area contributed by atoms with Gasteiger partial charge in [0.25, 0.3) is 0 Å². The number of rotatable bonds is 3. The molecule has 1 heterocycles. The maximum Gasteiger partial charge on any atom is 0.331 e. The predicted molar refractivity (Wildman–Crippen MR) is 74.8 cm³/mol. The molecule has 21 heavy (non-hydrogen) atoms. The minimum Gasteiger partial charge on any atom is -0.481 e. The molecule has 0 fully saturated rings. The van der Waals surface area contributed by atoms with Crippen molar-refractivity contribution < 1.29 is 24.6 Å². The number of hydrogen-bond donors (Lipinski definition) is 2. The molecule has 0 saturated heterocycles. The number of nitrogens with zero attached hydrogens (tertiary/aromatic N) is 1. The van der Waals surface area contributed by atoms with Crippen molar-refractivity contribution in [2.75, 3.05) is 0 Å². The molecule has 0 radical (unpaired) electrons. The molecule has 6 heteroatoms. The number of aldehydes is 1. The normalized spacial score (nSPS) is 19.8. The quantitative estimate of drug-likeness (QED) is 0.824. The van der Waals surface area contributed by atoms with E-state index in [1.54, 1.807) is 24.5 Å². The fraction of sp³-hybridized carbons (Fsp3) is 0.200. The lowest BCUT2D eigenvalue weighted by atomic mass is 9.80. The Kier molecular flexibility index (Phi) is 5.54. The lowest BCUT2D eigenvalue weighted by Crippen LogP contribution is -2.28. The van der Waals surface area contributed by atoms with Crippen LogP contribution in [-0.2, 0) is 9.59 Å². The summed E-state index contributed by atoms with van der Waals surface area (Å²) in [6.07, 6.45) is 8.40. The molecule has 0 aliphatic heterocycles. The van der Waals surface area contributed by atoms with E-state index in [0.717, 1.165) is 6.29 Å². The van der Waals surface area contributed by atoms with Crippen LogP contribution in [0.25, 0.3) is 0 Å². The molecule has 0 aromatic carbocycles. The first-order valence-corrected chi connectivity index (χ1v) is 6.09. The van der Waals surface area contributed by atoms with Crippen LogP contribution in [0.1, 0.15) is 23.7 Å². The molecule has 110 valence electrons. The van der Waals surface area contributed by atoms with Gasteiger partial charge in [0.1, 0.15) is 6.29 Å². The summed E-state index contributed by atoms with van der Waals surface area (Å²) in [5.41, 5.74) is -0.282. The summed E-state index contributed by atoms with van der Waals surface area (Å²) < 4.78 is 0. The molecule has 2 rings (SSSR count). The van der Waals surface area contributed by atoms with Crippen molar-refractivity contribution in [2.24, 2.45) is 5.41 Å². The average Bonchev–Trinajstić information content (AvgIpc) is 2.48. The van der Waals surface area contributed by atoms with Gasteiger partial charge in [0.15, 0.2) is 0 Å². The fourth-order valence-electron chi connectivity index (χ4n) is 1.63. The van der Waals surface area contributed by atoms with Gasteiger partial charge in [0.05, 0.1) is 5.41 Å². The molecule has 1 aromatic heterocycles. The van der Waals surface area contributed by atoms with Gasteiger partial charge in [0, 0.05) is 23.5 Å². The molecular formula is C15H15NO5. The number of carboxylic acids is 2. The summed E-state index contributed by atoms with van der Waals surface area (Å²) in [7, 11) is 0. The second-order valence-corrected chi connectivity index (χ2v) is 4.65. The first-order valence-electron chi connectivity index (χ1n) is 6.09. The molecule has 0 saturated carbocycles. The number of allylic oxidation sites excluding steroid dienone is 2. The Morgan fingerprint density at radius 1 is 1.29 bits per heavy atom. The van der Waals surface area contributed by atoms with Crippen LogP contribution in [0.4, 0.5) is 0 Å². The molecular weight excluding hydrogens is 274 g/mol. The van der Waals surface area contributed by atoms with E-state index < -0.39 is 17.4 Å². The van der Waals surface area contributed by atoms with Crippen molar-refractivity contribution in [3.8, 4) is 0 Å². The number of hydrogen-bond acceptors (Lipinski definition) is 4. The van der Waals surface area contributed by atoms with Crippen molar-refractivity contribution in [1.82, 2.24) is 4.98 Å². The zero-order valence-corrected chi connectivity index (χ0v) is 11.4. The van der Waals surface area contributed by atoms with Crippen LogP contribution in [0.3, 0.4) is 0 Å². The average molecular weight is 289 g/mol. The topological polar surface area (TPSA) is 105 Å². The Balaban J connectivity index is 0.000000235. The molecule has 1 aliphatic carbocycles. The predicted octanol–water partition coefficient (Wildman–Crippen LogP) is 1.94. The van der Waals surface area contributed by atoms with Gasteiger partial charge < -0.3 is 10.2 Å². The first kappa shape index (κ1) is 16.3. The van der Waals surface area contributed by atoms with E-state index in [1.165, 1.54) is 25.2 Å². The van der Waals surface area contributed by atoms with Crippen LogP contribution >= 0.6 is 0 Å². The van der Waals surface area contributed by atoms with Crippen molar-refractivity contribution in [2.45, 2.75) is 13.3 Å². The van der Waals surface area contributed by atoms with Gasteiger partial charge in [-0.1, -0.05) is 18.2 Å². The number of aliphatic carboxylic acids is 2. The van der Waals surface area contributed by atoms with Crippen LogP contribution < -0.4 is 0 Å². The van der Waals surface area contributed by atoms with Gasteiger partial charge in [0.2, 0.25) is 0 Å². The summed E-state index contributed by atoms with van der Waals surface area (Å²) in [6, 6.07) is 3.32. The summed E-state index contributed by atoms with van der Waals surface area (Å²) in [5.74, 6) is -2.06. The Hall–Kier alpha value is -2.76. The lowest BCUT2D eigenvalue weighted by molar-refractivity contribution is -0.145. The highest BCUT2D eigenvalue weighted by molar-refractivity contribution is 5.90. The van der Waals surface area contributed by atoms with Gasteiger partial charge >= 0.3 is 11.9 Å². The summed E-state index contributed by atoms with van der Waals surface area (Å²) >= 11 is 0. The molecule has 1 unspecified atom stereocenters. The van der Waals surface area contributed by atoms with Gasteiger partial charge in [-0.25, -0.2) is 4.79 Å². The summed E-state index contributed by atoms with van der Waals surface area (Å²) in [4.78, 5) is 35.1. The fourth-order valence-corrected chi connectivity index (χ4v) is 1.63. The van der Waals surface area contributed by atoms with Crippen LogP contribution in [0.5, 0.6) is 0 Å². The maximum absolute atomic E-state index is 10.8. The Bertz CT molecular complexity index is 591. The van der Waals surface area contributed by atoms with E-state index in [1.807, 2.05) is 0 Å². The van der Waals surface area contributed by atoms with Crippen LogP contribution in [0.2, 0.25) is 0 Å². The van der Waals surface area contributed by atoms with E-state index in [9.17, 15) is 14.4 Å². The zero-order valence-electron chi connectivity index (χ0n) is 11.4. The largest absolute Gasteiger partial charge is 0.481 e. The van der Waals surface area contributed by atoms with Crippen LogP contribution in [0.15, 0.2) is 48.3 Å². The SMILES string of the molecule is CC1(C(=O)O)C=CC=C(C(=O)O)C1.O=Cc1ccncc1. The molecule has 1 atom stereocenters. The third-order valence-corrected chi connectivity index (χ3v) is 2.92. The number of carbonyl (C=O) groups is 3. The molecule has 0 amide bonds. The van der Waals surface area contributed by atoms with Gasteiger partial charge in [-0.2, -0.15) is 0 Å². The van der Waals surface area contributed by atoms with E-state index in [0.29, 0.717) is 5.56 Å². The monoisotopic (exact) mass is 289 g/mol. The highest BCUT2D eigenvalue weighted by Crippen LogP contribution is 2.31. The Morgan fingerprint density at radius 3 is 2.33 bits per heavy atom. The lowest BCUT2D eigenvalue weighted by Gasteiger charge is -2.23. The standard InChI is InChI=1S/C9H10O4.C6H5NO/c1-9(8(12)13)4-2-3-6(5-9)7(10)11;8-5-6-1-3-7-4-2-6/h2-4H,5H2,1H3,(H,10,11)(H,12,13);1-5H. The molecule has 1 aliphatic rings. The molecule has 2 N–H and O–H groups in total. The number of carboxylic acid groups (broad SMARTS) is 2. The summed E-state index contributed by atoms with van der Waals surface area (Å²) in [6.45, 7) is 1.50. The minimum absolute atomic E-state index is 0.0359. The van der Waals surface area contributed by atoms with E-state index in [-0.39, 0.29) is 12.0 Å². The molecule has 0 spiro atoms. The third kappa shape index (κ3) is 4.68. The van der Waals surface area contributed by atoms with Gasteiger partial charge in [-0.3, -0.25) is 14.6 Å². The van der Waals surface area contributed by atoms with Crippen molar-refractivity contribution in [3.63, 3.8) is 0 Å². The van der Waals surface area contributed by atoms with E-state index in [4.69, 9.17) is 10.2 Å². The van der Waals surface area contributed by atoms with Crippen LogP contribution in [-0.4, -0.2) is 33.4 Å². The van der Waals surface area contributed by atoms with Crippen molar-refractivity contribution in [1.29, 1.82) is 0 Å². The van der Waals surface area contributed by atoms with Crippen LogP contribution in [0, 0.1) is 5.41 Å². The van der Waals surface area contributed by atoms with Gasteiger partial charge in [-0.05, 0) is 25.5 Å². The van der Waals surface area contributed by atoms with Gasteiger partial charge in [-0.15, -0.1) is 0 Å². The first-order chi connectivity index (χ1) is 9.89. The molecule has 1 aromatic rings. The highest BCUT2D eigenvalue weighted by Gasteiger charge is 2.34. The smallest absolute Gasteiger partial charge is 0.331 e. The molecule has 6 nitrogen and oxygen atoms in total. The Labute approximate surface area is 121 Å². The summed E-state index contributed by atoms with van der Waals surface area (Å²) in [5, 5.41) is 17.5. The maximum atomic E-state index is 10.8. The van der Waals surface area contributed by atoms with Crippen molar-refractivity contribution in [3.05, 3.63) is 53.9 Å². The minimum atomic E-state index is -1.08. The zero-order chi connectivity index (χ0) is 15.9. The Morgan fingerprint density at radius 2 is 1.90 bits per heavy atom. The number of carbonyl (C=O) groups excluding carboxylic acids is 1. The number of pyridine rings is 1. The second kappa shape index (κ2) is 7.14. The number of aromatic nitrogens is 1. The van der Waals surface area contributed by atoms with E-state index >= 15 is 0 Å².